The van der Waals surface area contributed by atoms with Crippen LogP contribution in [0.2, 0.25) is 0 Å². The van der Waals surface area contributed by atoms with Gasteiger partial charge in [-0.1, -0.05) is 0 Å². The van der Waals surface area contributed by atoms with Gasteiger partial charge in [0.25, 0.3) is 0 Å². The lowest BCUT2D eigenvalue weighted by atomic mass is 10.3. The molecule has 0 saturated heterocycles. The van der Waals surface area contributed by atoms with E-state index in [1.54, 1.807) is 0 Å². The quantitative estimate of drug-likeness (QED) is 0.444. The van der Waals surface area contributed by atoms with E-state index in [0.29, 0.717) is 0 Å². The lowest BCUT2D eigenvalue weighted by Gasteiger charge is -1.85. The third kappa shape index (κ3) is 184. The van der Waals surface area contributed by atoms with Gasteiger partial charge in [-0.15, -0.1) is 0 Å². The number of unbranched alkanes of at least 4 members (excludes halogenated alkanes) is 1. The third-order valence-corrected chi connectivity index (χ3v) is 0.566. The lowest BCUT2D eigenvalue weighted by Crippen LogP contribution is -1.85. The van der Waals surface area contributed by atoms with Crippen molar-refractivity contribution in [3.63, 3.8) is 0 Å². The predicted molar refractivity (Wildman–Crippen MR) is 65.2 cm³/mol. The lowest BCUT2D eigenvalue weighted by molar-refractivity contribution is 0.242. The molecule has 0 unspecified atom stereocenters. The van der Waals surface area contributed by atoms with E-state index in [2.05, 4.69) is 24.4 Å². The van der Waals surface area contributed by atoms with Gasteiger partial charge in [0.15, 0.2) is 10.1 Å². The Balaban J connectivity index is -0.000000135. The summed E-state index contributed by atoms with van der Waals surface area (Å²) in [4.78, 5) is 0. The molecule has 0 aromatic heterocycles. The molecule has 6 heteroatoms. The van der Waals surface area contributed by atoms with E-state index in [9.17, 15) is 0 Å². The largest absolute Gasteiger partial charge is 0.502 e. The summed E-state index contributed by atoms with van der Waals surface area (Å²) in [6, 6.07) is 0. The molecular weight excluding hydrogens is 224 g/mol. The van der Waals surface area contributed by atoms with Gasteiger partial charge >= 0.3 is 0 Å². The molecule has 86 valence electrons. The molecule has 0 fully saturated rings. The second-order valence-corrected chi connectivity index (χ2v) is 3.37. The molecule has 0 aromatic rings. The summed E-state index contributed by atoms with van der Waals surface area (Å²) in [5.74, 6) is 0. The van der Waals surface area contributed by atoms with E-state index in [4.69, 9.17) is 20.4 Å². The Morgan fingerprint density at radius 2 is 1.00 bits per heavy atom. The summed E-state index contributed by atoms with van der Waals surface area (Å²) in [7, 11) is 0. The Bertz CT molecular complexity index is 115. The molecule has 0 aliphatic rings. The van der Waals surface area contributed by atoms with E-state index in [1.165, 1.54) is 13.8 Å². The Morgan fingerprint density at radius 1 is 0.857 bits per heavy atom. The Morgan fingerprint density at radius 3 is 1.07 bits per heavy atom. The first-order valence-electron chi connectivity index (χ1n) is 3.99. The molecule has 0 atom stereocenters. The van der Waals surface area contributed by atoms with Crippen LogP contribution in [0.4, 0.5) is 0 Å². The van der Waals surface area contributed by atoms with Crippen LogP contribution >= 0.6 is 24.4 Å². The van der Waals surface area contributed by atoms with Crippen molar-refractivity contribution < 1.29 is 20.4 Å². The number of aliphatic hydroxyl groups excluding tert-OH is 4. The summed E-state index contributed by atoms with van der Waals surface area (Å²) in [5, 5.41) is 31.7. The average molecular weight is 242 g/mol. The van der Waals surface area contributed by atoms with Gasteiger partial charge in [0.05, 0.1) is 0 Å². The van der Waals surface area contributed by atoms with Crippen molar-refractivity contribution in [3.05, 3.63) is 0 Å². The van der Waals surface area contributed by atoms with Gasteiger partial charge in [0.1, 0.15) is 0 Å². The second kappa shape index (κ2) is 18.5. The molecule has 0 radical (unpaired) electrons. The fourth-order valence-electron chi connectivity index (χ4n) is 0.224. The van der Waals surface area contributed by atoms with Gasteiger partial charge < -0.3 is 20.4 Å². The van der Waals surface area contributed by atoms with Crippen molar-refractivity contribution in [1.29, 1.82) is 0 Å². The van der Waals surface area contributed by atoms with Crippen LogP contribution in [0.25, 0.3) is 0 Å². The van der Waals surface area contributed by atoms with Crippen molar-refractivity contribution >= 4 is 34.5 Å². The van der Waals surface area contributed by atoms with Crippen molar-refractivity contribution in [2.45, 2.75) is 26.7 Å². The fourth-order valence-corrected chi connectivity index (χ4v) is 0.224. The molecule has 0 spiro atoms. The maximum atomic E-state index is 8.09. The SMILES string of the molecule is CC(O)=S.CC(O)=S.OCCCCO. The third-order valence-electron chi connectivity index (χ3n) is 0.566. The van der Waals surface area contributed by atoms with Crippen molar-refractivity contribution in [2.75, 3.05) is 13.2 Å². The zero-order chi connectivity index (χ0) is 12.0. The standard InChI is InChI=1S/C4H10O2.2C2H4OS/c5-3-1-2-4-6;2*1-2(3)4/h5-6H,1-4H2;2*1H3,(H,3,4). The zero-order valence-corrected chi connectivity index (χ0v) is 10.1. The predicted octanol–water partition coefficient (Wildman–Crippen LogP) is 1.53. The summed E-state index contributed by atoms with van der Waals surface area (Å²) in [5.41, 5.74) is 0. The van der Waals surface area contributed by atoms with Crippen molar-refractivity contribution in [2.24, 2.45) is 0 Å². The molecule has 4 nitrogen and oxygen atoms in total. The second-order valence-electron chi connectivity index (χ2n) is 2.19. The summed E-state index contributed by atoms with van der Waals surface area (Å²) in [6.45, 7) is 3.30. The maximum absolute atomic E-state index is 8.09. The minimum Gasteiger partial charge on any atom is -0.502 e. The fraction of sp³-hybridized carbons (Fsp3) is 0.750. The Hall–Kier alpha value is -0.300. The van der Waals surface area contributed by atoms with Gasteiger partial charge in [0.2, 0.25) is 0 Å². The van der Waals surface area contributed by atoms with Crippen LogP contribution in [0.3, 0.4) is 0 Å². The molecule has 0 aliphatic heterocycles. The highest BCUT2D eigenvalue weighted by atomic mass is 32.1. The summed E-state index contributed by atoms with van der Waals surface area (Å²) in [6.07, 6.45) is 1.44. The van der Waals surface area contributed by atoms with E-state index in [1.807, 2.05) is 0 Å². The van der Waals surface area contributed by atoms with Crippen LogP contribution in [0.1, 0.15) is 26.7 Å². The Kier molecular flexibility index (Phi) is 25.5. The first kappa shape index (κ1) is 19.3. The van der Waals surface area contributed by atoms with Gasteiger partial charge in [0, 0.05) is 27.1 Å². The van der Waals surface area contributed by atoms with Crippen LogP contribution in [-0.4, -0.2) is 43.7 Å². The highest BCUT2D eigenvalue weighted by molar-refractivity contribution is 7.80. The summed E-state index contributed by atoms with van der Waals surface area (Å²) < 4.78 is 0. The van der Waals surface area contributed by atoms with Crippen molar-refractivity contribution in [1.82, 2.24) is 0 Å². The topological polar surface area (TPSA) is 80.9 Å². The number of rotatable bonds is 3. The molecule has 14 heavy (non-hydrogen) atoms. The smallest absolute Gasteiger partial charge is 0.153 e. The number of hydrogen-bond acceptors (Lipinski definition) is 4. The average Bonchev–Trinajstić information content (AvgIpc) is 1.98. The number of hydrogen-bond donors (Lipinski definition) is 4. The number of aliphatic hydroxyl groups is 4. The first-order valence-corrected chi connectivity index (χ1v) is 4.80. The van der Waals surface area contributed by atoms with E-state index in [0.717, 1.165) is 12.8 Å². The monoisotopic (exact) mass is 242 g/mol. The Labute approximate surface area is 95.2 Å². The minimum absolute atomic E-state index is 0.000000000000000222. The molecule has 0 bridgehead atoms. The molecular formula is C8H18O4S2. The molecule has 0 rings (SSSR count). The highest BCUT2D eigenvalue weighted by Crippen LogP contribution is 1.80. The van der Waals surface area contributed by atoms with Gasteiger partial charge in [-0.2, -0.15) is 0 Å². The van der Waals surface area contributed by atoms with Crippen LogP contribution in [-0.2, 0) is 0 Å². The molecule has 4 N–H and O–H groups in total. The molecule has 0 amide bonds. The molecule has 0 heterocycles. The first-order chi connectivity index (χ1) is 6.38. The van der Waals surface area contributed by atoms with E-state index in [-0.39, 0.29) is 23.3 Å². The van der Waals surface area contributed by atoms with Gasteiger partial charge in [-0.3, -0.25) is 0 Å². The van der Waals surface area contributed by atoms with Crippen LogP contribution in [0.15, 0.2) is 0 Å². The maximum Gasteiger partial charge on any atom is 0.153 e. The van der Waals surface area contributed by atoms with Crippen LogP contribution < -0.4 is 0 Å². The molecule has 0 aliphatic carbocycles. The van der Waals surface area contributed by atoms with Gasteiger partial charge in [-0.05, 0) is 37.3 Å². The summed E-state index contributed by atoms with van der Waals surface area (Å²) >= 11 is 8.19. The number of thiocarbonyl (C=S) groups is 2. The van der Waals surface area contributed by atoms with Crippen molar-refractivity contribution in [3.8, 4) is 0 Å². The highest BCUT2D eigenvalue weighted by Gasteiger charge is 1.77. The van der Waals surface area contributed by atoms with Gasteiger partial charge in [-0.25, -0.2) is 0 Å². The normalized spacial score (nSPS) is 7.43. The van der Waals surface area contributed by atoms with E-state index < -0.39 is 0 Å². The molecule has 0 aromatic carbocycles. The molecule has 0 saturated carbocycles. The minimum atomic E-state index is 0.000000000000000222. The zero-order valence-electron chi connectivity index (χ0n) is 8.43. The van der Waals surface area contributed by atoms with E-state index >= 15 is 0 Å². The van der Waals surface area contributed by atoms with Crippen LogP contribution in [0, 0.1) is 0 Å². The van der Waals surface area contributed by atoms with Crippen LogP contribution in [0.5, 0.6) is 0 Å².